The number of aryl methyl sites for hydroxylation is 1. The van der Waals surface area contributed by atoms with Crippen LogP contribution < -0.4 is 16.7 Å². The number of primary amides is 1. The molecule has 0 fully saturated rings. The van der Waals surface area contributed by atoms with Gasteiger partial charge in [0.2, 0.25) is 11.4 Å². The molecule has 0 saturated heterocycles. The number of nitrogens with one attached hydrogen (secondary N) is 1. The van der Waals surface area contributed by atoms with Crippen LogP contribution in [0.2, 0.25) is 0 Å². The molecule has 3 N–H and O–H groups in total. The van der Waals surface area contributed by atoms with E-state index in [0.29, 0.717) is 16.5 Å². The van der Waals surface area contributed by atoms with Gasteiger partial charge in [0.15, 0.2) is 0 Å². The number of rotatable bonds is 4. The molecule has 0 bridgehead atoms. The van der Waals surface area contributed by atoms with Gasteiger partial charge in [0.25, 0.3) is 5.91 Å². The van der Waals surface area contributed by atoms with Crippen molar-refractivity contribution in [2.45, 2.75) is 6.92 Å². The summed E-state index contributed by atoms with van der Waals surface area (Å²) in [4.78, 5) is 28.1. The smallest absolute Gasteiger partial charge is 0.329 e. The Balaban J connectivity index is 1.63. The lowest BCUT2D eigenvalue weighted by atomic mass is 10.1. The molecule has 29 heavy (non-hydrogen) atoms. The number of amides is 2. The molecule has 0 atom stereocenters. The number of fused-ring (bicyclic) bond motifs is 1. The number of nitrogens with two attached hydrogens (primary N) is 1. The van der Waals surface area contributed by atoms with Crippen molar-refractivity contribution < 1.29 is 18.5 Å². The van der Waals surface area contributed by atoms with E-state index in [2.05, 4.69) is 20.7 Å². The predicted octanol–water partition coefficient (Wildman–Crippen LogP) is 2.14. The maximum atomic E-state index is 12.3. The van der Waals surface area contributed by atoms with Crippen molar-refractivity contribution in [3.05, 3.63) is 77.2 Å². The summed E-state index contributed by atoms with van der Waals surface area (Å²) in [6.07, 6.45) is 0. The first-order chi connectivity index (χ1) is 14.0. The van der Waals surface area contributed by atoms with E-state index < -0.39 is 11.8 Å². The second kappa shape index (κ2) is 7.39. The standard InChI is InChI=1S/C20H15N5O4/c1-11-5-4-7-13(9-11)17-22-20(29-25-17)18(27)23-24-19-14(16(21)26)10-12-6-2-3-8-15(12)28-19/h2-10H,1H3,(H2,21,26)(H,23,27). The number of para-hydroxylation sites is 1. The molecule has 0 aliphatic carbocycles. The Bertz CT molecular complexity index is 1310. The molecule has 9 nitrogen and oxygen atoms in total. The Labute approximate surface area is 163 Å². The number of carbonyl (C=O) groups excluding carboxylic acids is 2. The monoisotopic (exact) mass is 389 g/mol. The SMILES string of the molecule is Cc1cccc(-c2noc(C(=O)NN=c3oc4ccccc4cc3C(N)=O)n2)c1. The largest absolute Gasteiger partial charge is 0.436 e. The van der Waals surface area contributed by atoms with E-state index in [1.165, 1.54) is 6.07 Å². The summed E-state index contributed by atoms with van der Waals surface area (Å²) in [5.74, 6) is -1.51. The number of carbonyl (C=O) groups is 2. The van der Waals surface area contributed by atoms with E-state index in [-0.39, 0.29) is 22.8 Å². The fourth-order valence-electron chi connectivity index (χ4n) is 2.70. The Hall–Kier alpha value is -4.27. The second-order valence-corrected chi connectivity index (χ2v) is 6.21. The molecule has 2 aromatic heterocycles. The van der Waals surface area contributed by atoms with Gasteiger partial charge in [-0.15, -0.1) is 5.10 Å². The number of hydrogen-bond acceptors (Lipinski definition) is 7. The lowest BCUT2D eigenvalue weighted by Crippen LogP contribution is -2.27. The highest BCUT2D eigenvalue weighted by Gasteiger charge is 2.16. The molecule has 2 heterocycles. The van der Waals surface area contributed by atoms with Crippen LogP contribution in [-0.2, 0) is 0 Å². The molecule has 4 aromatic rings. The van der Waals surface area contributed by atoms with Crippen molar-refractivity contribution in [2.24, 2.45) is 10.8 Å². The fourth-order valence-corrected chi connectivity index (χ4v) is 2.70. The van der Waals surface area contributed by atoms with Crippen LogP contribution in [0.3, 0.4) is 0 Å². The molecule has 2 aromatic carbocycles. The Kier molecular flexibility index (Phi) is 4.62. The van der Waals surface area contributed by atoms with Crippen LogP contribution in [0.1, 0.15) is 26.6 Å². The van der Waals surface area contributed by atoms with Crippen LogP contribution in [0.15, 0.2) is 68.6 Å². The van der Waals surface area contributed by atoms with Crippen LogP contribution in [0.4, 0.5) is 0 Å². The van der Waals surface area contributed by atoms with Gasteiger partial charge in [-0.2, -0.15) is 4.98 Å². The summed E-state index contributed by atoms with van der Waals surface area (Å²) in [6, 6.07) is 16.0. The number of benzene rings is 2. The highest BCUT2D eigenvalue weighted by Crippen LogP contribution is 2.17. The van der Waals surface area contributed by atoms with E-state index in [1.807, 2.05) is 25.1 Å². The Morgan fingerprint density at radius 2 is 1.93 bits per heavy atom. The van der Waals surface area contributed by atoms with Crippen LogP contribution in [0, 0.1) is 6.92 Å². The fraction of sp³-hybridized carbons (Fsp3) is 0.0500. The van der Waals surface area contributed by atoms with Crippen LogP contribution in [-0.4, -0.2) is 22.0 Å². The van der Waals surface area contributed by atoms with Crippen LogP contribution >= 0.6 is 0 Å². The summed E-state index contributed by atoms with van der Waals surface area (Å²) in [5, 5.41) is 8.33. The molecule has 0 spiro atoms. The minimum Gasteiger partial charge on any atom is -0.436 e. The molecule has 0 aliphatic rings. The molecular weight excluding hydrogens is 374 g/mol. The van der Waals surface area contributed by atoms with Gasteiger partial charge in [0.05, 0.1) is 0 Å². The molecule has 0 radical (unpaired) electrons. The third-order valence-electron chi connectivity index (χ3n) is 4.08. The molecule has 4 rings (SSSR count). The van der Waals surface area contributed by atoms with Gasteiger partial charge in [-0.3, -0.25) is 9.59 Å². The van der Waals surface area contributed by atoms with Gasteiger partial charge >= 0.3 is 11.8 Å². The van der Waals surface area contributed by atoms with Crippen molar-refractivity contribution in [2.75, 3.05) is 0 Å². The molecule has 2 amide bonds. The third kappa shape index (κ3) is 3.74. The van der Waals surface area contributed by atoms with Crippen molar-refractivity contribution in [3.63, 3.8) is 0 Å². The first kappa shape index (κ1) is 18.1. The van der Waals surface area contributed by atoms with Crippen molar-refractivity contribution >= 4 is 22.8 Å². The quantitative estimate of drug-likeness (QED) is 0.513. The van der Waals surface area contributed by atoms with Gasteiger partial charge < -0.3 is 14.7 Å². The minimum absolute atomic E-state index is 0.0231. The predicted molar refractivity (Wildman–Crippen MR) is 102 cm³/mol. The minimum atomic E-state index is -0.754. The van der Waals surface area contributed by atoms with Gasteiger partial charge in [-0.1, -0.05) is 47.1 Å². The van der Waals surface area contributed by atoms with E-state index in [0.717, 1.165) is 5.56 Å². The first-order valence-electron chi connectivity index (χ1n) is 8.59. The molecule has 0 aliphatic heterocycles. The van der Waals surface area contributed by atoms with E-state index in [1.54, 1.807) is 30.3 Å². The average molecular weight is 389 g/mol. The lowest BCUT2D eigenvalue weighted by molar-refractivity contribution is 0.0905. The zero-order valence-corrected chi connectivity index (χ0v) is 15.2. The molecule has 0 saturated carbocycles. The highest BCUT2D eigenvalue weighted by atomic mass is 16.5. The number of hydrogen-bond donors (Lipinski definition) is 2. The van der Waals surface area contributed by atoms with E-state index in [4.69, 9.17) is 14.7 Å². The zero-order chi connectivity index (χ0) is 20.4. The topological polar surface area (TPSA) is 137 Å². The summed E-state index contributed by atoms with van der Waals surface area (Å²) < 4.78 is 10.6. The molecule has 9 heteroatoms. The Morgan fingerprint density at radius 1 is 1.10 bits per heavy atom. The van der Waals surface area contributed by atoms with Crippen molar-refractivity contribution in [3.8, 4) is 11.4 Å². The zero-order valence-electron chi connectivity index (χ0n) is 15.2. The van der Waals surface area contributed by atoms with Crippen molar-refractivity contribution in [1.29, 1.82) is 0 Å². The number of nitrogens with zero attached hydrogens (tertiary/aromatic N) is 3. The maximum absolute atomic E-state index is 12.3. The second-order valence-electron chi connectivity index (χ2n) is 6.21. The maximum Gasteiger partial charge on any atom is 0.329 e. The summed E-state index contributed by atoms with van der Waals surface area (Å²) in [6.45, 7) is 1.93. The van der Waals surface area contributed by atoms with Gasteiger partial charge in [0.1, 0.15) is 11.1 Å². The molecule has 0 unspecified atom stereocenters. The summed E-state index contributed by atoms with van der Waals surface area (Å²) in [5.41, 5.74) is 9.73. The summed E-state index contributed by atoms with van der Waals surface area (Å²) in [7, 11) is 0. The summed E-state index contributed by atoms with van der Waals surface area (Å²) >= 11 is 0. The average Bonchev–Trinajstić information content (AvgIpc) is 3.21. The van der Waals surface area contributed by atoms with Crippen LogP contribution in [0.5, 0.6) is 0 Å². The lowest BCUT2D eigenvalue weighted by Gasteiger charge is -2.01. The van der Waals surface area contributed by atoms with Crippen LogP contribution in [0.25, 0.3) is 22.4 Å². The van der Waals surface area contributed by atoms with Crippen molar-refractivity contribution in [1.82, 2.24) is 15.6 Å². The van der Waals surface area contributed by atoms with Gasteiger partial charge in [-0.05, 0) is 25.1 Å². The highest BCUT2D eigenvalue weighted by molar-refractivity contribution is 5.95. The van der Waals surface area contributed by atoms with E-state index >= 15 is 0 Å². The molecule has 144 valence electrons. The first-order valence-corrected chi connectivity index (χ1v) is 8.59. The number of aromatic nitrogens is 2. The van der Waals surface area contributed by atoms with Gasteiger partial charge in [-0.25, -0.2) is 5.43 Å². The molecular formula is C20H15N5O4. The normalized spacial score (nSPS) is 11.6. The van der Waals surface area contributed by atoms with E-state index in [9.17, 15) is 9.59 Å². The Morgan fingerprint density at radius 3 is 2.72 bits per heavy atom. The van der Waals surface area contributed by atoms with Gasteiger partial charge in [0, 0.05) is 10.9 Å². The third-order valence-corrected chi connectivity index (χ3v) is 4.08.